The number of hydrogen-bond donors (Lipinski definition) is 1. The number of nitrogens with zero attached hydrogens (tertiary/aromatic N) is 2. The summed E-state index contributed by atoms with van der Waals surface area (Å²) in [6.45, 7) is 0. The fourth-order valence-corrected chi connectivity index (χ4v) is 5.57. The first-order valence-electron chi connectivity index (χ1n) is 9.18. The predicted molar refractivity (Wildman–Crippen MR) is 117 cm³/mol. The molecule has 2 aromatic carbocycles. The highest BCUT2D eigenvalue weighted by Crippen LogP contribution is 2.42. The van der Waals surface area contributed by atoms with Gasteiger partial charge in [-0.2, -0.15) is 0 Å². The Bertz CT molecular complexity index is 1400. The van der Waals surface area contributed by atoms with Gasteiger partial charge in [0.15, 0.2) is 4.77 Å². The van der Waals surface area contributed by atoms with Gasteiger partial charge in [-0.05, 0) is 54.7 Å². The molecule has 0 saturated carbocycles. The van der Waals surface area contributed by atoms with Crippen LogP contribution in [0.1, 0.15) is 16.9 Å². The van der Waals surface area contributed by atoms with Crippen LogP contribution in [0.2, 0.25) is 0 Å². The predicted octanol–water partition coefficient (Wildman–Crippen LogP) is 5.17. The van der Waals surface area contributed by atoms with Gasteiger partial charge in [-0.25, -0.2) is 0 Å². The van der Waals surface area contributed by atoms with Crippen LogP contribution in [0, 0.1) is 14.9 Å². The Hall–Kier alpha value is -3.10. The van der Waals surface area contributed by atoms with Crippen molar-refractivity contribution < 1.29 is 4.92 Å². The number of nitro benzene ring substituents is 1. The van der Waals surface area contributed by atoms with Gasteiger partial charge in [0.1, 0.15) is 4.83 Å². The Balaban J connectivity index is 1.90. The van der Waals surface area contributed by atoms with Crippen LogP contribution < -0.4 is 5.56 Å². The van der Waals surface area contributed by atoms with Gasteiger partial charge in [0, 0.05) is 22.6 Å². The molecule has 2 aromatic heterocycles. The quantitative estimate of drug-likeness (QED) is 0.275. The second-order valence-electron chi connectivity index (χ2n) is 6.96. The van der Waals surface area contributed by atoms with Gasteiger partial charge in [-0.3, -0.25) is 19.5 Å². The lowest BCUT2D eigenvalue weighted by molar-refractivity contribution is -0.384. The highest BCUT2D eigenvalue weighted by molar-refractivity contribution is 7.71. The van der Waals surface area contributed by atoms with Crippen molar-refractivity contribution in [3.63, 3.8) is 0 Å². The number of aromatic amines is 1. The van der Waals surface area contributed by atoms with E-state index in [-0.39, 0.29) is 11.2 Å². The number of fused-ring (bicyclic) bond motifs is 5. The van der Waals surface area contributed by atoms with Crippen molar-refractivity contribution in [2.45, 2.75) is 19.3 Å². The van der Waals surface area contributed by atoms with E-state index in [0.717, 1.165) is 45.7 Å². The van der Waals surface area contributed by atoms with Crippen molar-refractivity contribution in [2.24, 2.45) is 0 Å². The molecule has 0 bridgehead atoms. The van der Waals surface area contributed by atoms with Crippen LogP contribution in [0.4, 0.5) is 5.69 Å². The zero-order valence-corrected chi connectivity index (χ0v) is 16.8. The Morgan fingerprint density at radius 2 is 1.93 bits per heavy atom. The molecule has 0 aliphatic heterocycles. The van der Waals surface area contributed by atoms with Crippen molar-refractivity contribution in [3.05, 3.63) is 84.2 Å². The first-order chi connectivity index (χ1) is 14.0. The summed E-state index contributed by atoms with van der Waals surface area (Å²) in [7, 11) is 0. The maximum Gasteiger partial charge on any atom is 0.270 e. The van der Waals surface area contributed by atoms with Crippen molar-refractivity contribution in [3.8, 4) is 16.8 Å². The molecule has 5 rings (SSSR count). The second kappa shape index (κ2) is 6.75. The zero-order chi connectivity index (χ0) is 20.1. The van der Waals surface area contributed by atoms with Gasteiger partial charge >= 0.3 is 0 Å². The average Bonchev–Trinajstić information content (AvgIpc) is 2.97. The molecule has 29 heavy (non-hydrogen) atoms. The van der Waals surface area contributed by atoms with Crippen molar-refractivity contribution in [1.82, 2.24) is 9.55 Å². The maximum absolute atomic E-state index is 13.6. The van der Waals surface area contributed by atoms with Crippen LogP contribution in [0.25, 0.3) is 27.0 Å². The van der Waals surface area contributed by atoms with Crippen LogP contribution in [0.15, 0.2) is 53.3 Å². The zero-order valence-electron chi connectivity index (χ0n) is 15.2. The number of para-hydroxylation sites is 1. The molecular weight excluding hydrogens is 406 g/mol. The van der Waals surface area contributed by atoms with E-state index in [1.54, 1.807) is 6.07 Å². The number of non-ortho nitro benzene ring substituents is 1. The summed E-state index contributed by atoms with van der Waals surface area (Å²) in [4.78, 5) is 29.5. The molecule has 1 aliphatic rings. The summed E-state index contributed by atoms with van der Waals surface area (Å²) in [6.07, 6.45) is 2.58. The van der Waals surface area contributed by atoms with E-state index >= 15 is 0 Å². The molecule has 8 heteroatoms. The molecule has 6 nitrogen and oxygen atoms in total. The molecule has 0 amide bonds. The smallest absolute Gasteiger partial charge is 0.270 e. The van der Waals surface area contributed by atoms with E-state index in [1.165, 1.54) is 22.0 Å². The first-order valence-corrected chi connectivity index (χ1v) is 10.4. The van der Waals surface area contributed by atoms with Gasteiger partial charge in [0.25, 0.3) is 11.2 Å². The van der Waals surface area contributed by atoms with Gasteiger partial charge in [-0.15, -0.1) is 11.3 Å². The maximum atomic E-state index is 13.6. The first kappa shape index (κ1) is 18.0. The minimum absolute atomic E-state index is 0.0307. The number of nitro groups is 1. The minimum Gasteiger partial charge on any atom is -0.323 e. The molecule has 144 valence electrons. The van der Waals surface area contributed by atoms with Crippen molar-refractivity contribution in [2.75, 3.05) is 0 Å². The molecule has 0 spiro atoms. The van der Waals surface area contributed by atoms with E-state index in [0.29, 0.717) is 15.8 Å². The van der Waals surface area contributed by atoms with Crippen molar-refractivity contribution >= 4 is 39.5 Å². The van der Waals surface area contributed by atoms with E-state index in [4.69, 9.17) is 12.2 Å². The normalized spacial score (nSPS) is 13.0. The monoisotopic (exact) mass is 421 g/mol. The molecule has 0 fully saturated rings. The number of aryl methyl sites for hydroxylation is 2. The molecule has 1 N–H and O–H groups in total. The third-order valence-corrected chi connectivity index (χ3v) is 6.71. The second-order valence-corrected chi connectivity index (χ2v) is 8.45. The highest BCUT2D eigenvalue weighted by Gasteiger charge is 2.25. The van der Waals surface area contributed by atoms with Gasteiger partial charge in [-0.1, -0.05) is 24.3 Å². The Morgan fingerprint density at radius 3 is 2.69 bits per heavy atom. The van der Waals surface area contributed by atoms with Gasteiger partial charge < -0.3 is 4.98 Å². The molecule has 0 radical (unpaired) electrons. The molecule has 0 atom stereocenters. The van der Waals surface area contributed by atoms with Crippen LogP contribution in [-0.4, -0.2) is 14.5 Å². The molecule has 4 aromatic rings. The van der Waals surface area contributed by atoms with E-state index in [1.807, 2.05) is 36.4 Å². The number of thiophene rings is 1. The van der Waals surface area contributed by atoms with Gasteiger partial charge in [0.05, 0.1) is 16.0 Å². The summed E-state index contributed by atoms with van der Waals surface area (Å²) in [6, 6.07) is 14.2. The number of benzene rings is 2. The third kappa shape index (κ3) is 2.83. The fourth-order valence-electron chi connectivity index (χ4n) is 3.97. The van der Waals surface area contributed by atoms with E-state index < -0.39 is 4.92 Å². The average molecular weight is 422 g/mol. The number of hydrogen-bond acceptors (Lipinski definition) is 5. The lowest BCUT2D eigenvalue weighted by atomic mass is 9.97. The Labute approximate surface area is 174 Å². The van der Waals surface area contributed by atoms with Crippen LogP contribution in [0.5, 0.6) is 0 Å². The highest BCUT2D eigenvalue weighted by atomic mass is 32.1. The summed E-state index contributed by atoms with van der Waals surface area (Å²) in [5, 5.41) is 11.9. The molecule has 1 aliphatic carbocycles. The Morgan fingerprint density at radius 1 is 1.14 bits per heavy atom. The summed E-state index contributed by atoms with van der Waals surface area (Å²) < 4.78 is 1.83. The largest absolute Gasteiger partial charge is 0.323 e. The third-order valence-electron chi connectivity index (χ3n) is 5.26. The molecular formula is C21H15N3O3S2. The van der Waals surface area contributed by atoms with Crippen LogP contribution in [0.3, 0.4) is 0 Å². The van der Waals surface area contributed by atoms with Gasteiger partial charge in [0.2, 0.25) is 0 Å². The van der Waals surface area contributed by atoms with E-state index in [9.17, 15) is 14.9 Å². The summed E-state index contributed by atoms with van der Waals surface area (Å²) in [5.41, 5.74) is 3.13. The SMILES string of the molecule is O=c1c2c3c(sc2[nH]c(=S)n1-c1ccccc1)CCCc1ccc([N+](=O)[O-])cc1-3. The summed E-state index contributed by atoms with van der Waals surface area (Å²) >= 11 is 6.99. The minimum atomic E-state index is -0.394. The lowest BCUT2D eigenvalue weighted by Crippen LogP contribution is -2.20. The number of rotatable bonds is 2. The van der Waals surface area contributed by atoms with E-state index in [2.05, 4.69) is 4.98 Å². The summed E-state index contributed by atoms with van der Waals surface area (Å²) in [5.74, 6) is 0. The fraction of sp³-hybridized carbons (Fsp3) is 0.143. The topological polar surface area (TPSA) is 80.9 Å². The standard InChI is InChI=1S/C21H15N3O3S2/c25-20-18-17-15-11-14(24(26)27)10-9-12(15)5-4-8-16(17)29-19(18)22-21(28)23(20)13-6-2-1-3-7-13/h1-3,6-7,9-11H,4-5,8H2,(H,22,28). The van der Waals surface area contributed by atoms with Crippen molar-refractivity contribution in [1.29, 1.82) is 0 Å². The lowest BCUT2D eigenvalue weighted by Gasteiger charge is -2.09. The van der Waals surface area contributed by atoms with Crippen LogP contribution >= 0.6 is 23.6 Å². The molecule has 0 saturated heterocycles. The Kier molecular flexibility index (Phi) is 4.18. The number of H-pyrrole nitrogens is 1. The van der Waals surface area contributed by atoms with Crippen LogP contribution in [-0.2, 0) is 12.8 Å². The number of nitrogens with one attached hydrogen (secondary N) is 1. The molecule has 0 unspecified atom stereocenters. The molecule has 2 heterocycles. The number of aromatic nitrogens is 2.